The van der Waals surface area contributed by atoms with Gasteiger partial charge < -0.3 is 20.9 Å². The van der Waals surface area contributed by atoms with Crippen LogP contribution >= 0.6 is 0 Å². The van der Waals surface area contributed by atoms with E-state index in [4.69, 9.17) is 16.2 Å². The van der Waals surface area contributed by atoms with Gasteiger partial charge in [0.1, 0.15) is 6.61 Å². The molecule has 2 aromatic rings. The fraction of sp³-hybridized carbons (Fsp3) is 0.300. The van der Waals surface area contributed by atoms with Crippen LogP contribution in [0.1, 0.15) is 24.0 Å². The lowest BCUT2D eigenvalue weighted by Crippen LogP contribution is -2.63. The molecule has 136 valence electrons. The summed E-state index contributed by atoms with van der Waals surface area (Å²) in [5.41, 5.74) is 14.1. The van der Waals surface area contributed by atoms with Crippen molar-refractivity contribution in [2.75, 3.05) is 13.7 Å². The van der Waals surface area contributed by atoms with Gasteiger partial charge in [-0.1, -0.05) is 48.5 Å². The number of nitrogens with two attached hydrogens (primary N) is 2. The first kappa shape index (κ1) is 18.1. The maximum Gasteiger partial charge on any atom is 0.341 e. The molecule has 0 aromatic heterocycles. The van der Waals surface area contributed by atoms with Crippen molar-refractivity contribution in [2.24, 2.45) is 17.4 Å². The van der Waals surface area contributed by atoms with Crippen LogP contribution in [0.4, 0.5) is 0 Å². The topological polar surface area (TPSA) is 105 Å². The van der Waals surface area contributed by atoms with Crippen LogP contribution in [0.5, 0.6) is 0 Å². The number of fused-ring (bicyclic) bond motifs is 3. The Labute approximate surface area is 152 Å². The van der Waals surface area contributed by atoms with Gasteiger partial charge in [0.25, 0.3) is 0 Å². The van der Waals surface area contributed by atoms with E-state index in [9.17, 15) is 9.59 Å². The average Bonchev–Trinajstić information content (AvgIpc) is 2.98. The zero-order valence-electron chi connectivity index (χ0n) is 14.8. The first-order valence-electron chi connectivity index (χ1n) is 8.39. The summed E-state index contributed by atoms with van der Waals surface area (Å²) in [6.45, 7) is 1.60. The van der Waals surface area contributed by atoms with Crippen LogP contribution < -0.4 is 11.5 Å². The van der Waals surface area contributed by atoms with Gasteiger partial charge in [0.2, 0.25) is 0 Å². The fourth-order valence-electron chi connectivity index (χ4n) is 3.28. The van der Waals surface area contributed by atoms with Crippen molar-refractivity contribution < 1.29 is 19.1 Å². The normalized spacial score (nSPS) is 14.3. The Hall–Kier alpha value is -2.70. The van der Waals surface area contributed by atoms with Gasteiger partial charge in [-0.15, -0.1) is 0 Å². The van der Waals surface area contributed by atoms with E-state index >= 15 is 0 Å². The Morgan fingerprint density at radius 1 is 1.04 bits per heavy atom. The maximum absolute atomic E-state index is 12.4. The molecule has 0 aliphatic heterocycles. The van der Waals surface area contributed by atoms with Crippen LogP contribution in [0.25, 0.3) is 11.1 Å². The lowest BCUT2D eigenvalue weighted by atomic mass is 9.95. The van der Waals surface area contributed by atoms with Crippen molar-refractivity contribution in [1.29, 1.82) is 0 Å². The number of carbonyl (C=O) groups excluding carboxylic acids is 2. The van der Waals surface area contributed by atoms with Gasteiger partial charge in [-0.3, -0.25) is 4.79 Å². The Balaban J connectivity index is 1.78. The summed E-state index contributed by atoms with van der Waals surface area (Å²) in [4.78, 5) is 24.1. The minimum atomic E-state index is -1.93. The molecule has 1 aliphatic rings. The summed E-state index contributed by atoms with van der Waals surface area (Å²) in [6.07, 6.45) is 0. The van der Waals surface area contributed by atoms with Gasteiger partial charge in [0.05, 0.1) is 13.0 Å². The number of hydrogen-bond acceptors (Lipinski definition) is 6. The molecular weight excluding hydrogens is 332 g/mol. The molecule has 1 atom stereocenters. The molecule has 0 radical (unpaired) electrons. The number of carbonyl (C=O) groups is 2. The second kappa shape index (κ2) is 6.90. The van der Waals surface area contributed by atoms with Crippen molar-refractivity contribution in [1.82, 2.24) is 0 Å². The predicted octanol–water partition coefficient (Wildman–Crippen LogP) is 1.76. The molecule has 1 unspecified atom stereocenters. The second-order valence-electron chi connectivity index (χ2n) is 6.50. The van der Waals surface area contributed by atoms with Crippen LogP contribution in [0.3, 0.4) is 0 Å². The van der Waals surface area contributed by atoms with E-state index < -0.39 is 23.5 Å². The third-order valence-electron chi connectivity index (χ3n) is 4.96. The van der Waals surface area contributed by atoms with E-state index in [0.29, 0.717) is 0 Å². The molecule has 0 heterocycles. The minimum Gasteiger partial charge on any atom is -0.467 e. The van der Waals surface area contributed by atoms with Crippen LogP contribution in [0.15, 0.2) is 48.5 Å². The third-order valence-corrected chi connectivity index (χ3v) is 4.96. The summed E-state index contributed by atoms with van der Waals surface area (Å²) in [6, 6.07) is 16.1. The smallest absolute Gasteiger partial charge is 0.341 e. The quantitative estimate of drug-likeness (QED) is 0.626. The predicted molar refractivity (Wildman–Crippen MR) is 97.0 cm³/mol. The molecule has 3 rings (SSSR count). The maximum atomic E-state index is 12.4. The van der Waals surface area contributed by atoms with E-state index in [-0.39, 0.29) is 12.5 Å². The highest BCUT2D eigenvalue weighted by atomic mass is 16.5. The number of rotatable bonds is 5. The summed E-state index contributed by atoms with van der Waals surface area (Å²) in [7, 11) is 1.17. The summed E-state index contributed by atoms with van der Waals surface area (Å²) in [5.74, 6) is -2.61. The monoisotopic (exact) mass is 354 g/mol. The molecule has 0 bridgehead atoms. The van der Waals surface area contributed by atoms with E-state index in [0.717, 1.165) is 22.3 Å². The number of esters is 2. The van der Waals surface area contributed by atoms with Crippen LogP contribution in [-0.4, -0.2) is 31.3 Å². The molecule has 6 nitrogen and oxygen atoms in total. The van der Waals surface area contributed by atoms with E-state index in [1.165, 1.54) is 14.0 Å². The lowest BCUT2D eigenvalue weighted by molar-refractivity contribution is -0.160. The van der Waals surface area contributed by atoms with E-state index in [1.54, 1.807) is 0 Å². The molecule has 0 saturated carbocycles. The Bertz CT molecular complexity index is 802. The van der Waals surface area contributed by atoms with Crippen LogP contribution in [0.2, 0.25) is 0 Å². The van der Waals surface area contributed by atoms with Gasteiger partial charge in [-0.25, -0.2) is 4.79 Å². The minimum absolute atomic E-state index is 0.0679. The third kappa shape index (κ3) is 2.98. The lowest BCUT2D eigenvalue weighted by Gasteiger charge is -2.27. The van der Waals surface area contributed by atoms with Crippen molar-refractivity contribution in [3.05, 3.63) is 59.7 Å². The number of ether oxygens (including phenoxy) is 2. The molecule has 26 heavy (non-hydrogen) atoms. The molecular formula is C20H22N2O4. The second-order valence-corrected chi connectivity index (χ2v) is 6.50. The van der Waals surface area contributed by atoms with Crippen LogP contribution in [0, 0.1) is 5.92 Å². The fourth-order valence-corrected chi connectivity index (χ4v) is 3.28. The summed E-state index contributed by atoms with van der Waals surface area (Å²) in [5, 5.41) is 0. The van der Waals surface area contributed by atoms with E-state index in [1.807, 2.05) is 36.4 Å². The molecule has 0 saturated heterocycles. The molecule has 1 aliphatic carbocycles. The molecule has 0 fully saturated rings. The zero-order chi connectivity index (χ0) is 18.9. The summed E-state index contributed by atoms with van der Waals surface area (Å²) < 4.78 is 10.0. The highest BCUT2D eigenvalue weighted by Crippen LogP contribution is 2.44. The van der Waals surface area contributed by atoms with Gasteiger partial charge in [-0.05, 0) is 29.2 Å². The van der Waals surface area contributed by atoms with Gasteiger partial charge in [-0.2, -0.15) is 0 Å². The zero-order valence-corrected chi connectivity index (χ0v) is 14.8. The molecule has 4 N–H and O–H groups in total. The number of benzene rings is 2. The Kier molecular flexibility index (Phi) is 4.80. The highest BCUT2D eigenvalue weighted by molar-refractivity contribution is 5.87. The van der Waals surface area contributed by atoms with Crippen molar-refractivity contribution in [2.45, 2.75) is 18.5 Å². The highest BCUT2D eigenvalue weighted by Gasteiger charge is 2.42. The molecule has 6 heteroatoms. The van der Waals surface area contributed by atoms with Crippen LogP contribution in [-0.2, 0) is 19.1 Å². The first-order valence-corrected chi connectivity index (χ1v) is 8.39. The standard InChI is InChI=1S/C20H22N2O4/c1-12(20(21,22)19(24)25-2)18(23)26-11-17-15-9-5-3-7-13(15)14-8-4-6-10-16(14)17/h3-10,12,17H,11,21-22H2,1-2H3. The summed E-state index contributed by atoms with van der Waals surface area (Å²) >= 11 is 0. The van der Waals surface area contributed by atoms with Gasteiger partial charge >= 0.3 is 11.9 Å². The largest absolute Gasteiger partial charge is 0.467 e. The van der Waals surface area contributed by atoms with Crippen molar-refractivity contribution >= 4 is 11.9 Å². The average molecular weight is 354 g/mol. The van der Waals surface area contributed by atoms with Crippen molar-refractivity contribution in [3.8, 4) is 11.1 Å². The number of methoxy groups -OCH3 is 1. The first-order chi connectivity index (χ1) is 12.4. The molecule has 0 amide bonds. The molecule has 0 spiro atoms. The Morgan fingerprint density at radius 2 is 1.54 bits per heavy atom. The van der Waals surface area contributed by atoms with Gasteiger partial charge in [0.15, 0.2) is 5.66 Å². The Morgan fingerprint density at radius 3 is 2.04 bits per heavy atom. The van der Waals surface area contributed by atoms with Gasteiger partial charge in [0, 0.05) is 5.92 Å². The van der Waals surface area contributed by atoms with E-state index in [2.05, 4.69) is 16.9 Å². The molecule has 2 aromatic carbocycles. The van der Waals surface area contributed by atoms with Crippen molar-refractivity contribution in [3.63, 3.8) is 0 Å². The SMILES string of the molecule is COC(=O)C(N)(N)C(C)C(=O)OCC1c2ccccc2-c2ccccc21. The number of hydrogen-bond donors (Lipinski definition) is 2.